The minimum absolute atomic E-state index is 0.423. The molecule has 9 nitrogen and oxygen atoms in total. The average molecular weight is 446 g/mol. The number of amides is 2. The van der Waals surface area contributed by atoms with E-state index in [0.717, 1.165) is 11.1 Å². The molecule has 0 fully saturated rings. The Morgan fingerprint density at radius 1 is 1.12 bits per heavy atom. The fourth-order valence-corrected chi connectivity index (χ4v) is 2.94. The number of aryl methyl sites for hydroxylation is 1. The van der Waals surface area contributed by atoms with Crippen LogP contribution in [0.3, 0.4) is 0 Å². The normalized spacial score (nSPS) is 11.0. The maximum absolute atomic E-state index is 12.5. The van der Waals surface area contributed by atoms with Crippen LogP contribution in [0.15, 0.2) is 60.8 Å². The lowest BCUT2D eigenvalue weighted by Gasteiger charge is -2.15. The maximum atomic E-state index is 12.5. The first-order valence-corrected chi connectivity index (χ1v) is 10.00. The molecule has 0 saturated heterocycles. The van der Waals surface area contributed by atoms with E-state index in [9.17, 15) is 14.4 Å². The van der Waals surface area contributed by atoms with Crippen LogP contribution in [0.4, 0.5) is 10.6 Å². The molecule has 0 aliphatic rings. The van der Waals surface area contributed by atoms with Gasteiger partial charge in [0.15, 0.2) is 0 Å². The molecule has 0 aliphatic heterocycles. The lowest BCUT2D eigenvalue weighted by atomic mass is 10.1. The van der Waals surface area contributed by atoms with Crippen molar-refractivity contribution in [1.82, 2.24) is 15.1 Å². The Bertz CT molecular complexity index is 1210. The summed E-state index contributed by atoms with van der Waals surface area (Å²) in [4.78, 5) is 34.4. The Balaban J connectivity index is 1.68. The van der Waals surface area contributed by atoms with Crippen LogP contribution in [0.25, 0.3) is 11.1 Å². The molecular weight excluding hydrogens is 424 g/mol. The third kappa shape index (κ3) is 6.45. The number of rotatable bonds is 6. The van der Waals surface area contributed by atoms with Crippen LogP contribution in [-0.4, -0.2) is 39.4 Å². The molecular formula is C24H22N4O5. The SMILES string of the molecule is CC(OC(=O)Nc1c(-c2ccc(C#CC(=O)NCC(=O)O)cc2)cnn1C)c1ccccc1. The van der Waals surface area contributed by atoms with Crippen LogP contribution in [0.1, 0.15) is 24.2 Å². The van der Waals surface area contributed by atoms with Gasteiger partial charge in [0.1, 0.15) is 18.5 Å². The third-order valence-corrected chi connectivity index (χ3v) is 4.63. The molecule has 0 aliphatic carbocycles. The second kappa shape index (κ2) is 10.6. The molecule has 1 unspecified atom stereocenters. The predicted molar refractivity (Wildman–Crippen MR) is 121 cm³/mol. The molecule has 0 spiro atoms. The third-order valence-electron chi connectivity index (χ3n) is 4.63. The highest BCUT2D eigenvalue weighted by Gasteiger charge is 2.17. The Kier molecular flexibility index (Phi) is 7.44. The summed E-state index contributed by atoms with van der Waals surface area (Å²) < 4.78 is 7.01. The minimum atomic E-state index is -1.14. The van der Waals surface area contributed by atoms with E-state index < -0.39 is 30.6 Å². The standard InChI is InChI=1S/C24H22N4O5/c1-16(18-6-4-3-5-7-18)33-24(32)27-23-20(14-26-28(23)2)19-11-8-17(9-12-19)10-13-21(29)25-15-22(30)31/h3-9,11-12,14,16H,15H2,1-2H3,(H,25,29)(H,27,32)(H,30,31). The van der Waals surface area contributed by atoms with Gasteiger partial charge in [0, 0.05) is 24.1 Å². The van der Waals surface area contributed by atoms with Gasteiger partial charge in [-0.15, -0.1) is 0 Å². The quantitative estimate of drug-likeness (QED) is 0.501. The van der Waals surface area contributed by atoms with E-state index in [-0.39, 0.29) is 0 Å². The number of carbonyl (C=O) groups is 3. The monoisotopic (exact) mass is 446 g/mol. The van der Waals surface area contributed by atoms with E-state index in [2.05, 4.69) is 27.6 Å². The first kappa shape index (κ1) is 23.1. The highest BCUT2D eigenvalue weighted by atomic mass is 16.6. The molecule has 168 valence electrons. The molecule has 3 rings (SSSR count). The number of benzene rings is 2. The molecule has 3 aromatic rings. The summed E-state index contributed by atoms with van der Waals surface area (Å²) in [5.74, 6) is 3.65. The van der Waals surface area contributed by atoms with Crippen LogP contribution < -0.4 is 10.6 Å². The van der Waals surface area contributed by atoms with E-state index in [1.165, 1.54) is 4.68 Å². The number of anilines is 1. The number of aliphatic carboxylic acids is 1. The van der Waals surface area contributed by atoms with Crippen LogP contribution >= 0.6 is 0 Å². The van der Waals surface area contributed by atoms with Gasteiger partial charge in [-0.25, -0.2) is 4.79 Å². The van der Waals surface area contributed by atoms with Gasteiger partial charge in [0.05, 0.1) is 6.20 Å². The first-order chi connectivity index (χ1) is 15.8. The lowest BCUT2D eigenvalue weighted by Crippen LogP contribution is -2.27. The molecule has 9 heteroatoms. The maximum Gasteiger partial charge on any atom is 0.413 e. The lowest BCUT2D eigenvalue weighted by molar-refractivity contribution is -0.137. The van der Waals surface area contributed by atoms with E-state index in [0.29, 0.717) is 16.9 Å². The fraction of sp³-hybridized carbons (Fsp3) is 0.167. The van der Waals surface area contributed by atoms with Crippen LogP contribution in [0.5, 0.6) is 0 Å². The van der Waals surface area contributed by atoms with Crippen molar-refractivity contribution in [2.45, 2.75) is 13.0 Å². The fourth-order valence-electron chi connectivity index (χ4n) is 2.94. The van der Waals surface area contributed by atoms with Crippen molar-refractivity contribution in [3.8, 4) is 23.0 Å². The zero-order valence-electron chi connectivity index (χ0n) is 18.0. The number of hydrogen-bond acceptors (Lipinski definition) is 5. The Morgan fingerprint density at radius 2 is 1.82 bits per heavy atom. The van der Waals surface area contributed by atoms with Crippen LogP contribution in [0.2, 0.25) is 0 Å². The Hall–Kier alpha value is -4.58. The van der Waals surface area contributed by atoms with Crippen molar-refractivity contribution in [3.05, 3.63) is 71.9 Å². The largest absolute Gasteiger partial charge is 0.480 e. The van der Waals surface area contributed by atoms with Gasteiger partial charge in [-0.05, 0) is 30.2 Å². The molecule has 33 heavy (non-hydrogen) atoms. The van der Waals surface area contributed by atoms with Crippen molar-refractivity contribution in [1.29, 1.82) is 0 Å². The average Bonchev–Trinajstić information content (AvgIpc) is 3.17. The zero-order valence-corrected chi connectivity index (χ0v) is 18.0. The molecule has 0 bridgehead atoms. The summed E-state index contributed by atoms with van der Waals surface area (Å²) >= 11 is 0. The highest BCUT2D eigenvalue weighted by molar-refractivity contribution is 5.95. The summed E-state index contributed by atoms with van der Waals surface area (Å²) in [6.07, 6.45) is 0.593. The predicted octanol–water partition coefficient (Wildman–Crippen LogP) is 2.95. The summed E-state index contributed by atoms with van der Waals surface area (Å²) in [5, 5.41) is 17.7. The molecule has 3 N–H and O–H groups in total. The summed E-state index contributed by atoms with van der Waals surface area (Å²) in [7, 11) is 1.70. The van der Waals surface area contributed by atoms with E-state index in [4.69, 9.17) is 9.84 Å². The molecule has 2 aromatic carbocycles. The van der Waals surface area contributed by atoms with Crippen molar-refractivity contribution in [2.75, 3.05) is 11.9 Å². The van der Waals surface area contributed by atoms with E-state index >= 15 is 0 Å². The van der Waals surface area contributed by atoms with Gasteiger partial charge in [0.25, 0.3) is 5.91 Å². The number of carboxylic acids is 1. The number of ether oxygens (including phenoxy) is 1. The van der Waals surface area contributed by atoms with Crippen LogP contribution in [-0.2, 0) is 21.4 Å². The highest BCUT2D eigenvalue weighted by Crippen LogP contribution is 2.28. The van der Waals surface area contributed by atoms with Gasteiger partial charge < -0.3 is 15.2 Å². The number of hydrogen-bond donors (Lipinski definition) is 3. The van der Waals surface area contributed by atoms with Crippen molar-refractivity contribution >= 4 is 23.8 Å². The first-order valence-electron chi connectivity index (χ1n) is 10.00. The number of carboxylic acid groups (broad SMARTS) is 1. The van der Waals surface area contributed by atoms with Gasteiger partial charge in [-0.2, -0.15) is 5.10 Å². The molecule has 0 radical (unpaired) electrons. The van der Waals surface area contributed by atoms with E-state index in [1.54, 1.807) is 44.4 Å². The number of nitrogens with zero attached hydrogens (tertiary/aromatic N) is 2. The number of carbonyl (C=O) groups excluding carboxylic acids is 2. The van der Waals surface area contributed by atoms with Gasteiger partial charge in [-0.1, -0.05) is 48.4 Å². The van der Waals surface area contributed by atoms with Gasteiger partial charge >= 0.3 is 12.1 Å². The number of nitrogens with one attached hydrogen (secondary N) is 2. The van der Waals surface area contributed by atoms with Crippen molar-refractivity contribution in [3.63, 3.8) is 0 Å². The Labute approximate surface area is 190 Å². The summed E-state index contributed by atoms with van der Waals surface area (Å²) in [5.41, 5.74) is 2.90. The molecule has 1 heterocycles. The summed E-state index contributed by atoms with van der Waals surface area (Å²) in [6, 6.07) is 16.4. The molecule has 1 aromatic heterocycles. The van der Waals surface area contributed by atoms with Gasteiger partial charge in [0.2, 0.25) is 0 Å². The smallest absolute Gasteiger partial charge is 0.413 e. The van der Waals surface area contributed by atoms with Crippen LogP contribution in [0, 0.1) is 11.8 Å². The van der Waals surface area contributed by atoms with Gasteiger partial charge in [-0.3, -0.25) is 19.6 Å². The Morgan fingerprint density at radius 3 is 2.48 bits per heavy atom. The van der Waals surface area contributed by atoms with Crippen molar-refractivity contribution < 1.29 is 24.2 Å². The molecule has 0 saturated carbocycles. The summed E-state index contributed by atoms with van der Waals surface area (Å²) in [6.45, 7) is 1.30. The topological polar surface area (TPSA) is 123 Å². The second-order valence-corrected chi connectivity index (χ2v) is 7.02. The zero-order chi connectivity index (χ0) is 23.8. The van der Waals surface area contributed by atoms with Crippen molar-refractivity contribution in [2.24, 2.45) is 7.05 Å². The number of aromatic nitrogens is 2. The van der Waals surface area contributed by atoms with E-state index in [1.807, 2.05) is 30.3 Å². The molecule has 1 atom stereocenters. The minimum Gasteiger partial charge on any atom is -0.480 e. The molecule has 2 amide bonds. The second-order valence-electron chi connectivity index (χ2n) is 7.02.